The first kappa shape index (κ1) is 17.2. The number of pyridine rings is 1. The second kappa shape index (κ2) is 7.09. The SMILES string of the molecule is CC1CCC(C)N1C1CCCN(C(=O)c2cccnc2N(C)C)C1. The molecular weight excluding hydrogens is 300 g/mol. The van der Waals surface area contributed by atoms with E-state index in [9.17, 15) is 4.79 Å². The summed E-state index contributed by atoms with van der Waals surface area (Å²) < 4.78 is 0. The third-order valence-corrected chi connectivity index (χ3v) is 5.57. The molecule has 1 amide bonds. The average Bonchev–Trinajstić information content (AvgIpc) is 2.93. The Hall–Kier alpha value is -1.62. The molecule has 132 valence electrons. The average molecular weight is 330 g/mol. The van der Waals surface area contributed by atoms with Crippen molar-refractivity contribution in [1.29, 1.82) is 0 Å². The van der Waals surface area contributed by atoms with Crippen molar-refractivity contribution in [2.45, 2.75) is 57.7 Å². The molecular formula is C19H30N4O. The first-order chi connectivity index (χ1) is 11.5. The van der Waals surface area contributed by atoms with Crippen LogP contribution >= 0.6 is 0 Å². The molecule has 3 unspecified atom stereocenters. The summed E-state index contributed by atoms with van der Waals surface area (Å²) in [5.74, 6) is 0.878. The highest BCUT2D eigenvalue weighted by molar-refractivity contribution is 5.98. The van der Waals surface area contributed by atoms with E-state index in [0.717, 1.165) is 25.3 Å². The molecule has 0 saturated carbocycles. The third kappa shape index (κ3) is 3.27. The van der Waals surface area contributed by atoms with Crippen LogP contribution in [0.1, 0.15) is 49.9 Å². The van der Waals surface area contributed by atoms with Crippen LogP contribution in [0.5, 0.6) is 0 Å². The second-order valence-corrected chi connectivity index (χ2v) is 7.54. The Morgan fingerprint density at radius 2 is 1.92 bits per heavy atom. The lowest BCUT2D eigenvalue weighted by atomic mass is 10.0. The highest BCUT2D eigenvalue weighted by atomic mass is 16.2. The maximum absolute atomic E-state index is 13.1. The molecule has 2 aliphatic heterocycles. The molecule has 5 nitrogen and oxygen atoms in total. The Labute approximate surface area is 145 Å². The Balaban J connectivity index is 1.76. The van der Waals surface area contributed by atoms with E-state index in [1.165, 1.54) is 19.3 Å². The molecule has 5 heteroatoms. The van der Waals surface area contributed by atoms with Crippen molar-refractivity contribution in [3.63, 3.8) is 0 Å². The van der Waals surface area contributed by atoms with Gasteiger partial charge in [0, 0.05) is 51.5 Å². The molecule has 2 saturated heterocycles. The molecule has 2 fully saturated rings. The summed E-state index contributed by atoms with van der Waals surface area (Å²) in [4.78, 5) is 24.1. The van der Waals surface area contributed by atoms with Crippen LogP contribution in [0.15, 0.2) is 18.3 Å². The second-order valence-electron chi connectivity index (χ2n) is 7.54. The van der Waals surface area contributed by atoms with Crippen molar-refractivity contribution in [2.24, 2.45) is 0 Å². The van der Waals surface area contributed by atoms with Crippen LogP contribution in [0.4, 0.5) is 5.82 Å². The summed E-state index contributed by atoms with van der Waals surface area (Å²) in [5, 5.41) is 0. The van der Waals surface area contributed by atoms with Gasteiger partial charge in [0.15, 0.2) is 0 Å². The third-order valence-electron chi connectivity index (χ3n) is 5.57. The first-order valence-electron chi connectivity index (χ1n) is 9.18. The van der Waals surface area contributed by atoms with Gasteiger partial charge in [-0.2, -0.15) is 0 Å². The fourth-order valence-electron chi connectivity index (χ4n) is 4.41. The molecule has 0 spiro atoms. The molecule has 1 aromatic rings. The topological polar surface area (TPSA) is 39.7 Å². The number of carbonyl (C=O) groups is 1. The number of hydrogen-bond acceptors (Lipinski definition) is 4. The lowest BCUT2D eigenvalue weighted by molar-refractivity contribution is 0.0487. The first-order valence-corrected chi connectivity index (χ1v) is 9.18. The number of aromatic nitrogens is 1. The van der Waals surface area contributed by atoms with Crippen molar-refractivity contribution >= 4 is 11.7 Å². The highest BCUT2D eigenvalue weighted by Gasteiger charge is 2.36. The van der Waals surface area contributed by atoms with Gasteiger partial charge in [-0.05, 0) is 51.7 Å². The molecule has 0 aliphatic carbocycles. The van der Waals surface area contributed by atoms with Gasteiger partial charge in [0.05, 0.1) is 5.56 Å². The van der Waals surface area contributed by atoms with Crippen LogP contribution in [-0.4, -0.2) is 66.0 Å². The fraction of sp³-hybridized carbons (Fsp3) is 0.684. The van der Waals surface area contributed by atoms with Gasteiger partial charge < -0.3 is 9.80 Å². The minimum absolute atomic E-state index is 0.121. The number of carbonyl (C=O) groups excluding carboxylic acids is 1. The van der Waals surface area contributed by atoms with Gasteiger partial charge in [-0.3, -0.25) is 9.69 Å². The van der Waals surface area contributed by atoms with Crippen LogP contribution in [0.25, 0.3) is 0 Å². The Morgan fingerprint density at radius 1 is 1.21 bits per heavy atom. The minimum Gasteiger partial charge on any atom is -0.362 e. The van der Waals surface area contributed by atoms with Crippen LogP contribution in [0.2, 0.25) is 0 Å². The lowest BCUT2D eigenvalue weighted by Gasteiger charge is -2.41. The van der Waals surface area contributed by atoms with Gasteiger partial charge in [-0.1, -0.05) is 0 Å². The Bertz CT molecular complexity index is 578. The summed E-state index contributed by atoms with van der Waals surface area (Å²) in [5.41, 5.74) is 0.714. The zero-order chi connectivity index (χ0) is 17.3. The molecule has 0 aromatic carbocycles. The Kier molecular flexibility index (Phi) is 5.09. The standard InChI is InChI=1S/C19H30N4O/c1-14-9-10-15(2)23(14)16-7-6-12-22(13-16)19(24)17-8-5-11-20-18(17)21(3)4/h5,8,11,14-16H,6-7,9-10,12-13H2,1-4H3. The van der Waals surface area contributed by atoms with E-state index in [2.05, 4.69) is 23.7 Å². The van der Waals surface area contributed by atoms with Gasteiger partial charge >= 0.3 is 0 Å². The zero-order valence-electron chi connectivity index (χ0n) is 15.4. The van der Waals surface area contributed by atoms with Crippen molar-refractivity contribution in [1.82, 2.24) is 14.8 Å². The van der Waals surface area contributed by atoms with E-state index in [-0.39, 0.29) is 5.91 Å². The van der Waals surface area contributed by atoms with Crippen molar-refractivity contribution in [3.05, 3.63) is 23.9 Å². The molecule has 3 rings (SSSR count). The summed E-state index contributed by atoms with van der Waals surface area (Å²) >= 11 is 0. The van der Waals surface area contributed by atoms with Crippen LogP contribution in [-0.2, 0) is 0 Å². The number of anilines is 1. The van der Waals surface area contributed by atoms with Gasteiger partial charge in [0.2, 0.25) is 0 Å². The number of nitrogens with zero attached hydrogens (tertiary/aromatic N) is 4. The van der Waals surface area contributed by atoms with Crippen molar-refractivity contribution in [3.8, 4) is 0 Å². The molecule has 0 bridgehead atoms. The molecule has 24 heavy (non-hydrogen) atoms. The van der Waals surface area contributed by atoms with E-state index in [4.69, 9.17) is 0 Å². The van der Waals surface area contributed by atoms with Crippen LogP contribution in [0, 0.1) is 0 Å². The normalized spacial score (nSPS) is 28.2. The predicted octanol–water partition coefficient (Wildman–Crippen LogP) is 2.63. The van der Waals surface area contributed by atoms with E-state index in [0.29, 0.717) is 23.7 Å². The smallest absolute Gasteiger partial charge is 0.257 e. The maximum atomic E-state index is 13.1. The van der Waals surface area contributed by atoms with Gasteiger partial charge in [0.1, 0.15) is 5.82 Å². The van der Waals surface area contributed by atoms with E-state index in [1.807, 2.05) is 36.0 Å². The van der Waals surface area contributed by atoms with Crippen molar-refractivity contribution < 1.29 is 4.79 Å². The zero-order valence-corrected chi connectivity index (χ0v) is 15.4. The van der Waals surface area contributed by atoms with E-state index in [1.54, 1.807) is 6.20 Å². The number of hydrogen-bond donors (Lipinski definition) is 0. The minimum atomic E-state index is 0.121. The number of likely N-dealkylation sites (tertiary alicyclic amines) is 2. The quantitative estimate of drug-likeness (QED) is 0.854. The van der Waals surface area contributed by atoms with E-state index < -0.39 is 0 Å². The van der Waals surface area contributed by atoms with Crippen LogP contribution < -0.4 is 4.90 Å². The van der Waals surface area contributed by atoms with Gasteiger partial charge in [-0.25, -0.2) is 4.98 Å². The largest absolute Gasteiger partial charge is 0.362 e. The predicted molar refractivity (Wildman–Crippen MR) is 97.5 cm³/mol. The van der Waals surface area contributed by atoms with Gasteiger partial charge in [-0.15, -0.1) is 0 Å². The number of rotatable bonds is 3. The summed E-state index contributed by atoms with van der Waals surface area (Å²) in [6.07, 6.45) is 6.59. The summed E-state index contributed by atoms with van der Waals surface area (Å²) in [6.45, 7) is 6.36. The molecule has 1 aromatic heterocycles. The molecule has 0 radical (unpaired) electrons. The number of amides is 1. The Morgan fingerprint density at radius 3 is 2.58 bits per heavy atom. The van der Waals surface area contributed by atoms with Gasteiger partial charge in [0.25, 0.3) is 5.91 Å². The molecule has 0 N–H and O–H groups in total. The monoisotopic (exact) mass is 330 g/mol. The fourth-order valence-corrected chi connectivity index (χ4v) is 4.41. The summed E-state index contributed by atoms with van der Waals surface area (Å²) in [7, 11) is 3.87. The number of piperidine rings is 1. The van der Waals surface area contributed by atoms with Crippen LogP contribution in [0.3, 0.4) is 0 Å². The van der Waals surface area contributed by atoms with E-state index >= 15 is 0 Å². The molecule has 3 heterocycles. The maximum Gasteiger partial charge on any atom is 0.257 e. The molecule has 2 aliphatic rings. The summed E-state index contributed by atoms with van der Waals surface area (Å²) in [6, 6.07) is 5.52. The molecule has 3 atom stereocenters. The lowest BCUT2D eigenvalue weighted by Crippen LogP contribution is -2.52. The van der Waals surface area contributed by atoms with Crippen molar-refractivity contribution in [2.75, 3.05) is 32.1 Å². The highest BCUT2D eigenvalue weighted by Crippen LogP contribution is 2.30.